The number of pyridine rings is 1. The summed E-state index contributed by atoms with van der Waals surface area (Å²) in [6, 6.07) is 21.5. The fourth-order valence-corrected chi connectivity index (χ4v) is 3.92. The zero-order valence-corrected chi connectivity index (χ0v) is 17.7. The van der Waals surface area contributed by atoms with Crippen LogP contribution in [0.1, 0.15) is 6.92 Å². The highest BCUT2D eigenvalue weighted by molar-refractivity contribution is 6.42. The van der Waals surface area contributed by atoms with Gasteiger partial charge in [0.2, 0.25) is 0 Å². The highest BCUT2D eigenvalue weighted by Crippen LogP contribution is 2.36. The smallest absolute Gasteiger partial charge is 0.120 e. The molecular weight excluding hydrogens is 417 g/mol. The van der Waals surface area contributed by atoms with Crippen molar-refractivity contribution in [3.05, 3.63) is 83.0 Å². The molecule has 0 radical (unpaired) electrons. The van der Waals surface area contributed by atoms with Gasteiger partial charge in [-0.3, -0.25) is 4.98 Å². The van der Waals surface area contributed by atoms with Gasteiger partial charge in [0, 0.05) is 22.5 Å². The highest BCUT2D eigenvalue weighted by atomic mass is 35.5. The van der Waals surface area contributed by atoms with E-state index in [-0.39, 0.29) is 0 Å². The Bertz CT molecular complexity index is 1380. The maximum Gasteiger partial charge on any atom is 0.120 e. The van der Waals surface area contributed by atoms with Crippen LogP contribution in [0.15, 0.2) is 72.9 Å². The quantitative estimate of drug-likeness (QED) is 0.307. The lowest BCUT2D eigenvalue weighted by Gasteiger charge is -2.09. The fourth-order valence-electron chi connectivity index (χ4n) is 3.63. The van der Waals surface area contributed by atoms with Crippen molar-refractivity contribution in [1.29, 1.82) is 0 Å². The molecule has 0 spiro atoms. The molecule has 148 valence electrons. The summed E-state index contributed by atoms with van der Waals surface area (Å²) in [6.45, 7) is 2.56. The summed E-state index contributed by atoms with van der Waals surface area (Å²) >= 11 is 12.5. The van der Waals surface area contributed by atoms with Crippen molar-refractivity contribution in [1.82, 2.24) is 14.8 Å². The first-order valence-corrected chi connectivity index (χ1v) is 10.4. The third-order valence-electron chi connectivity index (χ3n) is 4.98. The van der Waals surface area contributed by atoms with Gasteiger partial charge in [-0.25, -0.2) is 4.68 Å². The minimum atomic E-state index is 0.479. The summed E-state index contributed by atoms with van der Waals surface area (Å²) in [5, 5.41) is 7.85. The Kier molecular flexibility index (Phi) is 4.81. The van der Waals surface area contributed by atoms with E-state index in [1.807, 2.05) is 78.5 Å². The molecule has 0 amide bonds. The molecule has 0 atom stereocenters. The van der Waals surface area contributed by atoms with Crippen LogP contribution in [0.4, 0.5) is 0 Å². The number of hydrogen-bond acceptors (Lipinski definition) is 3. The Hall–Kier alpha value is -3.08. The average molecular weight is 434 g/mol. The monoisotopic (exact) mass is 433 g/mol. The minimum absolute atomic E-state index is 0.479. The van der Waals surface area contributed by atoms with Gasteiger partial charge in [-0.1, -0.05) is 53.5 Å². The van der Waals surface area contributed by atoms with Gasteiger partial charge >= 0.3 is 0 Å². The molecule has 0 saturated carbocycles. The van der Waals surface area contributed by atoms with Crippen LogP contribution in [0.5, 0.6) is 5.75 Å². The topological polar surface area (TPSA) is 39.9 Å². The van der Waals surface area contributed by atoms with E-state index in [4.69, 9.17) is 33.0 Å². The van der Waals surface area contributed by atoms with Crippen molar-refractivity contribution in [3.8, 4) is 22.7 Å². The van der Waals surface area contributed by atoms with Gasteiger partial charge in [-0.15, -0.1) is 0 Å². The number of halogens is 2. The predicted octanol–water partition coefficient (Wildman–Crippen LogP) is 6.95. The number of ether oxygens (including phenoxy) is 1. The van der Waals surface area contributed by atoms with E-state index in [9.17, 15) is 0 Å². The van der Waals surface area contributed by atoms with Crippen molar-refractivity contribution in [2.75, 3.05) is 6.61 Å². The molecule has 0 saturated heterocycles. The highest BCUT2D eigenvalue weighted by Gasteiger charge is 2.18. The average Bonchev–Trinajstić information content (AvgIpc) is 3.17. The molecule has 2 aromatic heterocycles. The Morgan fingerprint density at radius 2 is 1.73 bits per heavy atom. The Balaban J connectivity index is 1.88. The summed E-state index contributed by atoms with van der Waals surface area (Å²) in [6.07, 6.45) is 1.88. The Labute approximate surface area is 183 Å². The predicted molar refractivity (Wildman–Crippen MR) is 123 cm³/mol. The van der Waals surface area contributed by atoms with Crippen molar-refractivity contribution >= 4 is 45.0 Å². The first-order chi connectivity index (χ1) is 14.7. The first-order valence-electron chi connectivity index (χ1n) is 9.61. The second-order valence-electron chi connectivity index (χ2n) is 6.86. The minimum Gasteiger partial charge on any atom is -0.494 e. The molecule has 0 aliphatic heterocycles. The van der Waals surface area contributed by atoms with Gasteiger partial charge in [0.25, 0.3) is 0 Å². The number of rotatable bonds is 4. The van der Waals surface area contributed by atoms with Crippen LogP contribution in [-0.4, -0.2) is 21.4 Å². The summed E-state index contributed by atoms with van der Waals surface area (Å²) in [5.74, 6) is 0.794. The molecule has 2 heterocycles. The molecule has 3 aromatic carbocycles. The molecule has 0 N–H and O–H groups in total. The molecule has 30 heavy (non-hydrogen) atoms. The zero-order valence-electron chi connectivity index (χ0n) is 16.1. The first kappa shape index (κ1) is 18.9. The van der Waals surface area contributed by atoms with E-state index in [0.717, 1.165) is 44.5 Å². The Morgan fingerprint density at radius 3 is 2.50 bits per heavy atom. The van der Waals surface area contributed by atoms with Crippen LogP contribution >= 0.6 is 23.2 Å². The number of hydrogen-bond donors (Lipinski definition) is 0. The molecule has 0 aliphatic rings. The molecule has 0 aliphatic carbocycles. The maximum atomic E-state index is 6.32. The number of nitrogens with zero attached hydrogens (tertiary/aromatic N) is 3. The summed E-state index contributed by atoms with van der Waals surface area (Å²) in [7, 11) is 0. The van der Waals surface area contributed by atoms with E-state index in [1.54, 1.807) is 6.07 Å². The van der Waals surface area contributed by atoms with Crippen molar-refractivity contribution in [3.63, 3.8) is 0 Å². The molecule has 5 rings (SSSR count). The fraction of sp³-hybridized carbons (Fsp3) is 0.0833. The third kappa shape index (κ3) is 3.18. The van der Waals surface area contributed by atoms with E-state index < -0.39 is 0 Å². The van der Waals surface area contributed by atoms with Gasteiger partial charge in [-0.2, -0.15) is 5.10 Å². The van der Waals surface area contributed by atoms with Crippen LogP contribution in [0.25, 0.3) is 38.8 Å². The molecular formula is C24H17Cl2N3O. The molecule has 0 bridgehead atoms. The second kappa shape index (κ2) is 7.63. The van der Waals surface area contributed by atoms with Gasteiger partial charge in [0.05, 0.1) is 33.4 Å². The summed E-state index contributed by atoms with van der Waals surface area (Å²) < 4.78 is 7.64. The van der Waals surface area contributed by atoms with Crippen LogP contribution in [0.2, 0.25) is 10.0 Å². The normalized spacial score (nSPS) is 11.3. The van der Waals surface area contributed by atoms with Crippen LogP contribution in [0.3, 0.4) is 0 Å². The van der Waals surface area contributed by atoms with E-state index >= 15 is 0 Å². The number of aromatic nitrogens is 3. The maximum absolute atomic E-state index is 6.32. The molecule has 0 fully saturated rings. The van der Waals surface area contributed by atoms with Gasteiger partial charge in [0.1, 0.15) is 11.4 Å². The molecule has 5 aromatic rings. The van der Waals surface area contributed by atoms with E-state index in [2.05, 4.69) is 4.98 Å². The van der Waals surface area contributed by atoms with Crippen molar-refractivity contribution < 1.29 is 4.74 Å². The van der Waals surface area contributed by atoms with Crippen LogP contribution in [-0.2, 0) is 0 Å². The lowest BCUT2D eigenvalue weighted by Crippen LogP contribution is -1.98. The molecule has 4 nitrogen and oxygen atoms in total. The van der Waals surface area contributed by atoms with Crippen LogP contribution in [0, 0.1) is 0 Å². The lowest BCUT2D eigenvalue weighted by atomic mass is 10.1. The zero-order chi connectivity index (χ0) is 20.7. The van der Waals surface area contributed by atoms with E-state index in [0.29, 0.717) is 16.7 Å². The van der Waals surface area contributed by atoms with Gasteiger partial charge < -0.3 is 4.74 Å². The lowest BCUT2D eigenvalue weighted by molar-refractivity contribution is 0.341. The summed E-state index contributed by atoms with van der Waals surface area (Å²) in [4.78, 5) is 4.68. The molecule has 0 unspecified atom stereocenters. The van der Waals surface area contributed by atoms with Crippen molar-refractivity contribution in [2.45, 2.75) is 6.92 Å². The largest absolute Gasteiger partial charge is 0.494 e. The molecule has 6 heteroatoms. The van der Waals surface area contributed by atoms with Gasteiger partial charge in [-0.05, 0) is 43.3 Å². The van der Waals surface area contributed by atoms with Crippen molar-refractivity contribution in [2.24, 2.45) is 0 Å². The second-order valence-corrected chi connectivity index (χ2v) is 7.67. The van der Waals surface area contributed by atoms with E-state index in [1.165, 1.54) is 0 Å². The number of fused-ring (bicyclic) bond motifs is 3. The SMILES string of the molecule is CCOc1ccc2ncc3c(-c4ccccc4)nn(-c4ccc(Cl)c(Cl)c4)c3c2c1. The Morgan fingerprint density at radius 1 is 0.900 bits per heavy atom. The standard InChI is InChI=1S/C24H17Cl2N3O/c1-2-30-17-9-11-22-18(13-17)24-19(14-27-22)23(15-6-4-3-5-7-15)28-29(24)16-8-10-20(25)21(26)12-16/h3-14H,2H2,1H3. The summed E-state index contributed by atoms with van der Waals surface area (Å²) in [5.41, 5.74) is 4.51. The van der Waals surface area contributed by atoms with Crippen LogP contribution < -0.4 is 4.74 Å². The number of benzene rings is 3. The third-order valence-corrected chi connectivity index (χ3v) is 5.72. The van der Waals surface area contributed by atoms with Gasteiger partial charge in [0.15, 0.2) is 0 Å².